The summed E-state index contributed by atoms with van der Waals surface area (Å²) in [5.41, 5.74) is 4.59. The first-order valence-corrected chi connectivity index (χ1v) is 9.29. The van der Waals surface area contributed by atoms with Crippen LogP contribution in [0.3, 0.4) is 0 Å². The van der Waals surface area contributed by atoms with E-state index in [4.69, 9.17) is 5.11 Å². The highest BCUT2D eigenvalue weighted by molar-refractivity contribution is 5.66. The molecule has 6 heteroatoms. The second-order valence-electron chi connectivity index (χ2n) is 7.27. The number of ether oxygens (including phenoxy) is 1. The van der Waals surface area contributed by atoms with Crippen molar-refractivity contribution in [2.45, 2.75) is 37.6 Å². The van der Waals surface area contributed by atoms with Crippen molar-refractivity contribution in [1.29, 1.82) is 0 Å². The summed E-state index contributed by atoms with van der Waals surface area (Å²) in [6.45, 7) is 2.13. The van der Waals surface area contributed by atoms with Gasteiger partial charge >= 0.3 is 6.36 Å². The summed E-state index contributed by atoms with van der Waals surface area (Å²) in [5, 5.41) is 9.14. The van der Waals surface area contributed by atoms with Crippen LogP contribution < -0.4 is 4.74 Å². The third kappa shape index (κ3) is 3.82. The van der Waals surface area contributed by atoms with Crippen LogP contribution in [0, 0.1) is 0 Å². The summed E-state index contributed by atoms with van der Waals surface area (Å²) in [6, 6.07) is 12.8. The molecule has 0 radical (unpaired) electrons. The summed E-state index contributed by atoms with van der Waals surface area (Å²) in [4.78, 5) is 2.45. The van der Waals surface area contributed by atoms with Gasteiger partial charge in [0.2, 0.25) is 0 Å². The lowest BCUT2D eigenvalue weighted by Gasteiger charge is -2.33. The number of nitrogens with zero attached hydrogens (tertiary/aromatic N) is 1. The van der Waals surface area contributed by atoms with Crippen LogP contribution >= 0.6 is 0 Å². The maximum absolute atomic E-state index is 12.3. The fraction of sp³-hybridized carbons (Fsp3) is 0.429. The Balaban J connectivity index is 1.58. The maximum atomic E-state index is 12.3. The first-order valence-electron chi connectivity index (χ1n) is 9.29. The van der Waals surface area contributed by atoms with Gasteiger partial charge in [0, 0.05) is 19.2 Å². The Morgan fingerprint density at radius 3 is 2.48 bits per heavy atom. The van der Waals surface area contributed by atoms with Crippen LogP contribution in [0.5, 0.6) is 5.75 Å². The van der Waals surface area contributed by atoms with Crippen molar-refractivity contribution in [3.05, 3.63) is 53.6 Å². The fourth-order valence-corrected chi connectivity index (χ4v) is 4.43. The van der Waals surface area contributed by atoms with E-state index in [-0.39, 0.29) is 12.4 Å². The molecule has 0 aromatic heterocycles. The van der Waals surface area contributed by atoms with Crippen LogP contribution in [0.25, 0.3) is 11.1 Å². The highest BCUT2D eigenvalue weighted by Gasteiger charge is 2.38. The third-order valence-electron chi connectivity index (χ3n) is 5.62. The number of piperidine rings is 1. The monoisotopic (exact) mass is 377 g/mol. The second-order valence-corrected chi connectivity index (χ2v) is 7.27. The van der Waals surface area contributed by atoms with Gasteiger partial charge in [-0.3, -0.25) is 4.90 Å². The first-order chi connectivity index (χ1) is 12.9. The molecule has 1 N–H and O–H groups in total. The highest BCUT2D eigenvalue weighted by atomic mass is 19.4. The molecule has 2 bridgehead atoms. The van der Waals surface area contributed by atoms with Crippen LogP contribution in [0.2, 0.25) is 0 Å². The zero-order chi connectivity index (χ0) is 19.0. The summed E-state index contributed by atoms with van der Waals surface area (Å²) < 4.78 is 40.9. The van der Waals surface area contributed by atoms with Gasteiger partial charge in [0.25, 0.3) is 0 Å². The normalized spacial score (nSPS) is 21.9. The quantitative estimate of drug-likeness (QED) is 0.807. The molecule has 4 rings (SSSR count). The number of rotatable bonds is 5. The number of alkyl halides is 3. The lowest BCUT2D eigenvalue weighted by atomic mass is 9.95. The molecule has 2 atom stereocenters. The van der Waals surface area contributed by atoms with E-state index in [9.17, 15) is 13.2 Å². The molecule has 0 spiro atoms. The van der Waals surface area contributed by atoms with E-state index in [1.165, 1.54) is 23.3 Å². The topological polar surface area (TPSA) is 32.7 Å². The molecule has 3 nitrogen and oxygen atoms in total. The van der Waals surface area contributed by atoms with Crippen molar-refractivity contribution in [2.75, 3.05) is 19.7 Å². The second kappa shape index (κ2) is 7.17. The van der Waals surface area contributed by atoms with Gasteiger partial charge in [-0.15, -0.1) is 13.2 Å². The Bertz CT molecular complexity index is 802. The lowest BCUT2D eigenvalue weighted by Crippen LogP contribution is -2.33. The summed E-state index contributed by atoms with van der Waals surface area (Å²) in [5.74, 6) is 0.380. The minimum atomic E-state index is -4.68. The molecule has 1 saturated heterocycles. The SMILES string of the molecule is OCCCN1CCC2CC1c1cc(-c3ccc(OC(F)(F)F)cc3)ccc12. The Labute approximate surface area is 156 Å². The molecular weight excluding hydrogens is 355 g/mol. The summed E-state index contributed by atoms with van der Waals surface area (Å²) in [6.07, 6.45) is -1.65. The zero-order valence-corrected chi connectivity index (χ0v) is 14.9. The van der Waals surface area contributed by atoms with Crippen molar-refractivity contribution in [3.8, 4) is 16.9 Å². The number of fused-ring (bicyclic) bond motifs is 5. The number of aliphatic hydroxyl groups excluding tert-OH is 1. The zero-order valence-electron chi connectivity index (χ0n) is 14.9. The van der Waals surface area contributed by atoms with Gasteiger partial charge in [0.1, 0.15) is 5.75 Å². The van der Waals surface area contributed by atoms with Crippen molar-refractivity contribution in [1.82, 2.24) is 4.90 Å². The minimum absolute atomic E-state index is 0.200. The first kappa shape index (κ1) is 18.3. The number of halogens is 3. The van der Waals surface area contributed by atoms with E-state index in [1.807, 2.05) is 0 Å². The molecule has 1 aliphatic heterocycles. The average molecular weight is 377 g/mol. The van der Waals surface area contributed by atoms with Gasteiger partial charge < -0.3 is 9.84 Å². The molecule has 2 aromatic carbocycles. The van der Waals surface area contributed by atoms with Gasteiger partial charge in [0.05, 0.1) is 0 Å². The Hall–Kier alpha value is -2.05. The van der Waals surface area contributed by atoms with Crippen LogP contribution in [0.1, 0.15) is 42.3 Å². The Kier molecular flexibility index (Phi) is 4.86. The van der Waals surface area contributed by atoms with Crippen LogP contribution in [0.15, 0.2) is 42.5 Å². The minimum Gasteiger partial charge on any atom is -0.406 e. The summed E-state index contributed by atoms with van der Waals surface area (Å²) in [7, 11) is 0. The smallest absolute Gasteiger partial charge is 0.406 e. The van der Waals surface area contributed by atoms with E-state index in [0.29, 0.717) is 12.0 Å². The predicted octanol–water partition coefficient (Wildman–Crippen LogP) is 4.87. The standard InChI is InChI=1S/C21H22F3NO2/c22-21(23,24)27-17-5-2-14(3-6-17)15-4-7-18-16-8-10-25(9-1-11-26)20(13-16)19(18)12-15/h2-7,12,16,20,26H,1,8-11,13H2. The molecule has 2 unspecified atom stereocenters. The van der Waals surface area contributed by atoms with E-state index < -0.39 is 6.36 Å². The van der Waals surface area contributed by atoms with Gasteiger partial charge in [-0.05, 0) is 72.2 Å². The Morgan fingerprint density at radius 1 is 1.04 bits per heavy atom. The molecule has 144 valence electrons. The molecule has 27 heavy (non-hydrogen) atoms. The number of hydrogen-bond donors (Lipinski definition) is 1. The van der Waals surface area contributed by atoms with Crippen molar-refractivity contribution < 1.29 is 23.0 Å². The molecule has 2 aromatic rings. The van der Waals surface area contributed by atoms with Crippen LogP contribution in [-0.2, 0) is 0 Å². The van der Waals surface area contributed by atoms with Crippen LogP contribution in [0.4, 0.5) is 13.2 Å². The number of likely N-dealkylation sites (tertiary alicyclic amines) is 1. The molecular formula is C21H22F3NO2. The lowest BCUT2D eigenvalue weighted by molar-refractivity contribution is -0.274. The van der Waals surface area contributed by atoms with Gasteiger partial charge in [0.15, 0.2) is 0 Å². The highest BCUT2D eigenvalue weighted by Crippen LogP contribution is 2.49. The number of aliphatic hydroxyl groups is 1. The molecule has 1 fully saturated rings. The average Bonchev–Trinajstić information content (AvgIpc) is 2.93. The molecule has 1 heterocycles. The van der Waals surface area contributed by atoms with E-state index in [0.717, 1.165) is 43.5 Å². The van der Waals surface area contributed by atoms with Gasteiger partial charge in [-0.25, -0.2) is 0 Å². The van der Waals surface area contributed by atoms with Crippen LogP contribution in [-0.4, -0.2) is 36.1 Å². The van der Waals surface area contributed by atoms with E-state index >= 15 is 0 Å². The number of benzene rings is 2. The summed E-state index contributed by atoms with van der Waals surface area (Å²) >= 11 is 0. The van der Waals surface area contributed by atoms with E-state index in [2.05, 4.69) is 27.8 Å². The van der Waals surface area contributed by atoms with E-state index in [1.54, 1.807) is 12.1 Å². The molecule has 1 aliphatic carbocycles. The molecule has 2 aliphatic rings. The third-order valence-corrected chi connectivity index (χ3v) is 5.62. The van der Waals surface area contributed by atoms with Crippen molar-refractivity contribution in [3.63, 3.8) is 0 Å². The fourth-order valence-electron chi connectivity index (χ4n) is 4.43. The van der Waals surface area contributed by atoms with Gasteiger partial charge in [-0.1, -0.05) is 24.3 Å². The molecule has 0 saturated carbocycles. The maximum Gasteiger partial charge on any atom is 0.573 e. The predicted molar refractivity (Wildman–Crippen MR) is 96.6 cm³/mol. The van der Waals surface area contributed by atoms with Crippen molar-refractivity contribution >= 4 is 0 Å². The van der Waals surface area contributed by atoms with Crippen molar-refractivity contribution in [2.24, 2.45) is 0 Å². The van der Waals surface area contributed by atoms with Gasteiger partial charge in [-0.2, -0.15) is 0 Å². The Morgan fingerprint density at radius 2 is 1.78 bits per heavy atom. The largest absolute Gasteiger partial charge is 0.573 e. The number of hydrogen-bond acceptors (Lipinski definition) is 3. The molecule has 0 amide bonds.